The SMILES string of the molecule is IC1COCCS1. The second-order valence-corrected chi connectivity index (χ2v) is 5.02. The van der Waals surface area contributed by atoms with Gasteiger partial charge in [-0.1, -0.05) is 22.6 Å². The lowest BCUT2D eigenvalue weighted by Crippen LogP contribution is -2.14. The van der Waals surface area contributed by atoms with Crippen molar-refractivity contribution in [2.45, 2.75) is 3.26 Å². The number of ether oxygens (including phenoxy) is 1. The molecule has 1 rings (SSSR count). The monoisotopic (exact) mass is 230 g/mol. The molecule has 0 radical (unpaired) electrons. The van der Waals surface area contributed by atoms with Crippen LogP contribution in [0.2, 0.25) is 0 Å². The van der Waals surface area contributed by atoms with Crippen LogP contribution in [0.5, 0.6) is 0 Å². The maximum absolute atomic E-state index is 5.15. The topological polar surface area (TPSA) is 9.23 Å². The molecule has 1 atom stereocenters. The molecule has 0 aromatic heterocycles. The molecule has 0 aromatic carbocycles. The van der Waals surface area contributed by atoms with Gasteiger partial charge in [0.05, 0.1) is 16.5 Å². The normalized spacial score (nSPS) is 33.0. The van der Waals surface area contributed by atoms with Crippen LogP contribution in [0.3, 0.4) is 0 Å². The lowest BCUT2D eigenvalue weighted by atomic mass is 10.8. The minimum atomic E-state index is 0.700. The van der Waals surface area contributed by atoms with E-state index in [2.05, 4.69) is 22.6 Å². The van der Waals surface area contributed by atoms with E-state index in [1.165, 1.54) is 5.75 Å². The van der Waals surface area contributed by atoms with Crippen LogP contribution in [0.1, 0.15) is 0 Å². The van der Waals surface area contributed by atoms with Crippen molar-refractivity contribution in [3.05, 3.63) is 0 Å². The summed E-state index contributed by atoms with van der Waals surface area (Å²) in [5, 5.41) is 0. The molecule has 0 aliphatic carbocycles. The van der Waals surface area contributed by atoms with E-state index in [0.29, 0.717) is 3.26 Å². The smallest absolute Gasteiger partial charge is 0.0798 e. The van der Waals surface area contributed by atoms with Crippen molar-refractivity contribution in [1.82, 2.24) is 0 Å². The summed E-state index contributed by atoms with van der Waals surface area (Å²) in [7, 11) is 0. The minimum Gasteiger partial charge on any atom is -0.379 e. The summed E-state index contributed by atoms with van der Waals surface area (Å²) in [6.07, 6.45) is 0. The number of hydrogen-bond donors (Lipinski definition) is 0. The highest BCUT2D eigenvalue weighted by Crippen LogP contribution is 2.21. The van der Waals surface area contributed by atoms with E-state index in [4.69, 9.17) is 4.74 Å². The Morgan fingerprint density at radius 1 is 1.71 bits per heavy atom. The lowest BCUT2D eigenvalue weighted by molar-refractivity contribution is 0.158. The van der Waals surface area contributed by atoms with Crippen LogP contribution < -0.4 is 0 Å². The first kappa shape index (κ1) is 6.16. The van der Waals surface area contributed by atoms with Crippen molar-refractivity contribution < 1.29 is 4.74 Å². The lowest BCUT2D eigenvalue weighted by Gasteiger charge is -2.15. The average molecular weight is 230 g/mol. The minimum absolute atomic E-state index is 0.700. The summed E-state index contributed by atoms with van der Waals surface area (Å²) in [5.74, 6) is 1.17. The van der Waals surface area contributed by atoms with Crippen molar-refractivity contribution in [2.75, 3.05) is 19.0 Å². The Balaban J connectivity index is 2.12. The van der Waals surface area contributed by atoms with Crippen LogP contribution >= 0.6 is 34.4 Å². The van der Waals surface area contributed by atoms with Crippen molar-refractivity contribution in [2.24, 2.45) is 0 Å². The van der Waals surface area contributed by atoms with Gasteiger partial charge in [-0.3, -0.25) is 0 Å². The van der Waals surface area contributed by atoms with E-state index in [-0.39, 0.29) is 0 Å². The fraction of sp³-hybridized carbons (Fsp3) is 1.00. The molecule has 42 valence electrons. The molecule has 3 heteroatoms. The van der Waals surface area contributed by atoms with Gasteiger partial charge >= 0.3 is 0 Å². The van der Waals surface area contributed by atoms with Crippen LogP contribution in [-0.4, -0.2) is 22.2 Å². The second kappa shape index (κ2) is 3.14. The van der Waals surface area contributed by atoms with E-state index in [1.54, 1.807) is 0 Å². The zero-order chi connectivity index (χ0) is 5.11. The van der Waals surface area contributed by atoms with Crippen LogP contribution in [0.15, 0.2) is 0 Å². The first-order valence-corrected chi connectivity index (χ1v) is 4.52. The molecule has 0 N–H and O–H groups in total. The van der Waals surface area contributed by atoms with Crippen molar-refractivity contribution in [3.8, 4) is 0 Å². The molecule has 0 spiro atoms. The van der Waals surface area contributed by atoms with Crippen LogP contribution in [-0.2, 0) is 4.74 Å². The van der Waals surface area contributed by atoms with Crippen molar-refractivity contribution in [3.63, 3.8) is 0 Å². The highest BCUT2D eigenvalue weighted by Gasteiger charge is 2.08. The molecule has 0 bridgehead atoms. The van der Waals surface area contributed by atoms with Gasteiger partial charge in [-0.2, -0.15) is 0 Å². The molecule has 0 aromatic rings. The Kier molecular flexibility index (Phi) is 2.77. The van der Waals surface area contributed by atoms with Crippen LogP contribution in [0.25, 0.3) is 0 Å². The Morgan fingerprint density at radius 3 is 2.86 bits per heavy atom. The predicted octanol–water partition coefficient (Wildman–Crippen LogP) is 1.51. The third kappa shape index (κ3) is 2.19. The molecule has 1 fully saturated rings. The summed E-state index contributed by atoms with van der Waals surface area (Å²) < 4.78 is 5.85. The van der Waals surface area contributed by atoms with E-state index < -0.39 is 0 Å². The van der Waals surface area contributed by atoms with Gasteiger partial charge in [0.15, 0.2) is 0 Å². The zero-order valence-corrected chi connectivity index (χ0v) is 6.87. The highest BCUT2D eigenvalue weighted by atomic mass is 127. The number of rotatable bonds is 0. The van der Waals surface area contributed by atoms with Gasteiger partial charge in [0.2, 0.25) is 0 Å². The Bertz CT molecular complexity index is 53.7. The Labute approximate surface area is 61.3 Å². The van der Waals surface area contributed by atoms with E-state index in [1.807, 2.05) is 11.8 Å². The highest BCUT2D eigenvalue weighted by molar-refractivity contribution is 14.1. The third-order valence-electron chi connectivity index (χ3n) is 0.775. The standard InChI is InChI=1S/C4H7IOS/c5-4-3-6-1-2-7-4/h4H,1-3H2. The number of alkyl halides is 1. The average Bonchev–Trinajstić information content (AvgIpc) is 1.69. The van der Waals surface area contributed by atoms with E-state index in [9.17, 15) is 0 Å². The van der Waals surface area contributed by atoms with Crippen LogP contribution in [0.4, 0.5) is 0 Å². The molecule has 0 saturated carbocycles. The van der Waals surface area contributed by atoms with Crippen LogP contribution in [0, 0.1) is 0 Å². The molecule has 1 nitrogen and oxygen atoms in total. The first-order chi connectivity index (χ1) is 3.39. The quantitative estimate of drug-likeness (QED) is 0.460. The van der Waals surface area contributed by atoms with E-state index >= 15 is 0 Å². The zero-order valence-electron chi connectivity index (χ0n) is 3.89. The summed E-state index contributed by atoms with van der Waals surface area (Å²) >= 11 is 4.37. The van der Waals surface area contributed by atoms with Gasteiger partial charge in [0.25, 0.3) is 0 Å². The van der Waals surface area contributed by atoms with Gasteiger partial charge in [0.1, 0.15) is 0 Å². The molecule has 1 aliphatic heterocycles. The number of thioether (sulfide) groups is 1. The summed E-state index contributed by atoms with van der Waals surface area (Å²) in [5.41, 5.74) is 0. The second-order valence-electron chi connectivity index (χ2n) is 1.36. The first-order valence-electron chi connectivity index (χ1n) is 2.23. The van der Waals surface area contributed by atoms with Crippen molar-refractivity contribution >= 4 is 34.4 Å². The maximum Gasteiger partial charge on any atom is 0.0798 e. The van der Waals surface area contributed by atoms with Gasteiger partial charge in [-0.15, -0.1) is 11.8 Å². The molecular formula is C4H7IOS. The van der Waals surface area contributed by atoms with Gasteiger partial charge in [0, 0.05) is 5.75 Å². The van der Waals surface area contributed by atoms with E-state index in [0.717, 1.165) is 13.2 Å². The molecule has 1 unspecified atom stereocenters. The van der Waals surface area contributed by atoms with Crippen molar-refractivity contribution in [1.29, 1.82) is 0 Å². The Morgan fingerprint density at radius 2 is 2.57 bits per heavy atom. The predicted molar refractivity (Wildman–Crippen MR) is 41.1 cm³/mol. The van der Waals surface area contributed by atoms with Gasteiger partial charge < -0.3 is 4.74 Å². The molecule has 1 saturated heterocycles. The fourth-order valence-corrected chi connectivity index (χ4v) is 2.14. The maximum atomic E-state index is 5.15. The van der Waals surface area contributed by atoms with Gasteiger partial charge in [-0.25, -0.2) is 0 Å². The number of halogens is 1. The summed E-state index contributed by atoms with van der Waals surface area (Å²) in [4.78, 5) is 0. The molecule has 7 heavy (non-hydrogen) atoms. The number of hydrogen-bond acceptors (Lipinski definition) is 2. The van der Waals surface area contributed by atoms with Gasteiger partial charge in [-0.05, 0) is 0 Å². The molecule has 0 amide bonds. The molecular weight excluding hydrogens is 223 g/mol. The third-order valence-corrected chi connectivity index (χ3v) is 3.11. The fourth-order valence-electron chi connectivity index (χ4n) is 0.459. The molecule has 1 aliphatic rings. The largest absolute Gasteiger partial charge is 0.379 e. The summed E-state index contributed by atoms with van der Waals surface area (Å²) in [6, 6.07) is 0. The molecule has 1 heterocycles. The summed E-state index contributed by atoms with van der Waals surface area (Å²) in [6.45, 7) is 1.88. The Hall–Kier alpha value is 1.04.